The summed E-state index contributed by atoms with van der Waals surface area (Å²) in [5.74, 6) is 2.85. The fraction of sp³-hybridized carbons (Fsp3) is 0.263. The maximum atomic E-state index is 12.5. The third-order valence-corrected chi connectivity index (χ3v) is 4.62. The van der Waals surface area contributed by atoms with Crippen molar-refractivity contribution >= 4 is 32.9 Å². The molecule has 8 nitrogen and oxygen atoms in total. The van der Waals surface area contributed by atoms with Crippen LogP contribution in [-0.2, 0) is 24.8 Å². The van der Waals surface area contributed by atoms with Gasteiger partial charge in [-0.25, -0.2) is 9.67 Å². The summed E-state index contributed by atoms with van der Waals surface area (Å²) in [5.41, 5.74) is 1.19. The van der Waals surface area contributed by atoms with Crippen molar-refractivity contribution in [3.05, 3.63) is 51.1 Å². The van der Waals surface area contributed by atoms with E-state index >= 15 is 0 Å². The summed E-state index contributed by atoms with van der Waals surface area (Å²) < 4.78 is 8.50. The van der Waals surface area contributed by atoms with Crippen LogP contribution in [0.4, 0.5) is 0 Å². The number of benzene rings is 1. The number of hydrogen-bond donors (Lipinski definition) is 1. The van der Waals surface area contributed by atoms with E-state index in [1.165, 1.54) is 15.6 Å². The molecule has 0 spiro atoms. The minimum atomic E-state index is -0.317. The second kappa shape index (κ2) is 8.71. The molecule has 0 bridgehead atoms. The Hall–Kier alpha value is -3.12. The second-order valence-electron chi connectivity index (χ2n) is 6.03. The average Bonchev–Trinajstić information content (AvgIpc) is 2.97. The van der Waals surface area contributed by atoms with Crippen LogP contribution >= 0.6 is 15.9 Å². The molecule has 2 aromatic heterocycles. The van der Waals surface area contributed by atoms with Crippen molar-refractivity contribution in [2.24, 2.45) is 7.05 Å². The number of fused-ring (bicyclic) bond motifs is 1. The number of amides is 1. The van der Waals surface area contributed by atoms with Crippen LogP contribution in [0.5, 0.6) is 5.75 Å². The van der Waals surface area contributed by atoms with Gasteiger partial charge in [0.1, 0.15) is 35.2 Å². The number of ether oxygens (including phenoxy) is 1. The molecule has 0 radical (unpaired) electrons. The summed E-state index contributed by atoms with van der Waals surface area (Å²) in [6, 6.07) is 7.50. The van der Waals surface area contributed by atoms with Crippen molar-refractivity contribution in [2.75, 3.05) is 13.2 Å². The number of nitrogens with zero attached hydrogens (tertiary/aromatic N) is 4. The minimum absolute atomic E-state index is 0.109. The van der Waals surface area contributed by atoms with E-state index < -0.39 is 0 Å². The number of carbonyl (C=O) groups is 1. The predicted octanol–water partition coefficient (Wildman–Crippen LogP) is 1.26. The first-order chi connectivity index (χ1) is 13.5. The molecule has 144 valence electrons. The van der Waals surface area contributed by atoms with E-state index in [0.29, 0.717) is 34.4 Å². The van der Waals surface area contributed by atoms with E-state index in [1.807, 2.05) is 24.3 Å². The van der Waals surface area contributed by atoms with Gasteiger partial charge in [-0.05, 0) is 40.0 Å². The standard InChI is InChI=1S/C19H18BrN5O3/c1-3-10-28-14-6-4-13(5-7-14)8-9-21-15(26)11-25-12-22-18-16(19(25)27)17(20)23-24(18)2/h1,4-7,12H,8-11H2,2H3,(H,21,26). The van der Waals surface area contributed by atoms with Gasteiger partial charge in [0, 0.05) is 13.6 Å². The van der Waals surface area contributed by atoms with E-state index in [2.05, 4.69) is 37.2 Å². The highest BCUT2D eigenvalue weighted by atomic mass is 79.9. The van der Waals surface area contributed by atoms with Crippen molar-refractivity contribution in [2.45, 2.75) is 13.0 Å². The highest BCUT2D eigenvalue weighted by molar-refractivity contribution is 9.10. The number of terminal acetylenes is 1. The molecule has 3 aromatic rings. The first kappa shape index (κ1) is 19.6. The van der Waals surface area contributed by atoms with E-state index in [4.69, 9.17) is 11.2 Å². The van der Waals surface area contributed by atoms with Crippen molar-refractivity contribution < 1.29 is 9.53 Å². The molecular formula is C19H18BrN5O3. The molecule has 0 saturated heterocycles. The number of rotatable bonds is 7. The highest BCUT2D eigenvalue weighted by Gasteiger charge is 2.14. The van der Waals surface area contributed by atoms with Gasteiger partial charge < -0.3 is 10.1 Å². The summed E-state index contributed by atoms with van der Waals surface area (Å²) in [6.45, 7) is 0.567. The molecule has 28 heavy (non-hydrogen) atoms. The molecule has 2 heterocycles. The molecule has 0 fully saturated rings. The monoisotopic (exact) mass is 443 g/mol. The molecule has 1 N–H and O–H groups in total. The van der Waals surface area contributed by atoms with Crippen LogP contribution in [0.2, 0.25) is 0 Å². The lowest BCUT2D eigenvalue weighted by atomic mass is 10.1. The Balaban J connectivity index is 1.56. The Bertz CT molecular complexity index is 1100. The van der Waals surface area contributed by atoms with Gasteiger partial charge in [0.05, 0.1) is 0 Å². The Morgan fingerprint density at radius 2 is 2.11 bits per heavy atom. The molecule has 0 aliphatic carbocycles. The minimum Gasteiger partial charge on any atom is -0.481 e. The van der Waals surface area contributed by atoms with Crippen LogP contribution in [0.15, 0.2) is 40.0 Å². The van der Waals surface area contributed by atoms with Crippen molar-refractivity contribution in [1.82, 2.24) is 24.6 Å². The van der Waals surface area contributed by atoms with Crippen molar-refractivity contribution in [3.8, 4) is 18.1 Å². The van der Waals surface area contributed by atoms with Gasteiger partial charge in [-0.15, -0.1) is 6.42 Å². The van der Waals surface area contributed by atoms with Gasteiger partial charge in [-0.2, -0.15) is 5.10 Å². The quantitative estimate of drug-likeness (QED) is 0.555. The molecule has 0 unspecified atom stereocenters. The summed E-state index contributed by atoms with van der Waals surface area (Å²) >= 11 is 3.25. The fourth-order valence-corrected chi connectivity index (χ4v) is 3.27. The Kier molecular flexibility index (Phi) is 6.11. The van der Waals surface area contributed by atoms with E-state index in [0.717, 1.165) is 5.56 Å². The van der Waals surface area contributed by atoms with Crippen LogP contribution < -0.4 is 15.6 Å². The van der Waals surface area contributed by atoms with Crippen molar-refractivity contribution in [1.29, 1.82) is 0 Å². The molecular weight excluding hydrogens is 426 g/mol. The highest BCUT2D eigenvalue weighted by Crippen LogP contribution is 2.16. The lowest BCUT2D eigenvalue weighted by molar-refractivity contribution is -0.121. The van der Waals surface area contributed by atoms with Gasteiger partial charge in [-0.3, -0.25) is 14.2 Å². The third-order valence-electron chi connectivity index (χ3n) is 4.06. The lowest BCUT2D eigenvalue weighted by Crippen LogP contribution is -2.33. The molecule has 0 aliphatic rings. The van der Waals surface area contributed by atoms with Gasteiger partial charge in [-0.1, -0.05) is 18.1 Å². The van der Waals surface area contributed by atoms with Gasteiger partial charge >= 0.3 is 0 Å². The summed E-state index contributed by atoms with van der Waals surface area (Å²) in [6.07, 6.45) is 7.16. The topological polar surface area (TPSA) is 91.0 Å². The lowest BCUT2D eigenvalue weighted by Gasteiger charge is -2.08. The maximum absolute atomic E-state index is 12.5. The molecule has 0 aliphatic heterocycles. The summed E-state index contributed by atoms with van der Waals surface area (Å²) in [5, 5.41) is 7.27. The first-order valence-corrected chi connectivity index (χ1v) is 9.28. The van der Waals surface area contributed by atoms with Gasteiger partial charge in [0.15, 0.2) is 5.65 Å². The van der Waals surface area contributed by atoms with E-state index in [1.54, 1.807) is 7.05 Å². The Morgan fingerprint density at radius 1 is 1.36 bits per heavy atom. The zero-order valence-electron chi connectivity index (χ0n) is 15.2. The SMILES string of the molecule is C#CCOc1ccc(CCNC(=O)Cn2cnc3c(c(Br)nn3C)c2=O)cc1. The zero-order valence-corrected chi connectivity index (χ0v) is 16.8. The fourth-order valence-electron chi connectivity index (χ4n) is 2.68. The molecule has 9 heteroatoms. The molecule has 1 aromatic carbocycles. The second-order valence-corrected chi connectivity index (χ2v) is 6.78. The largest absolute Gasteiger partial charge is 0.481 e. The third kappa shape index (κ3) is 4.40. The molecule has 1 amide bonds. The number of nitrogens with one attached hydrogen (secondary N) is 1. The van der Waals surface area contributed by atoms with E-state index in [9.17, 15) is 9.59 Å². The number of aryl methyl sites for hydroxylation is 1. The van der Waals surface area contributed by atoms with Crippen molar-refractivity contribution in [3.63, 3.8) is 0 Å². The average molecular weight is 444 g/mol. The Morgan fingerprint density at radius 3 is 2.82 bits per heavy atom. The number of aromatic nitrogens is 4. The summed E-state index contributed by atoms with van der Waals surface area (Å²) in [4.78, 5) is 28.9. The summed E-state index contributed by atoms with van der Waals surface area (Å²) in [7, 11) is 1.70. The normalized spacial score (nSPS) is 10.6. The van der Waals surface area contributed by atoms with Crippen LogP contribution in [0.25, 0.3) is 11.0 Å². The van der Waals surface area contributed by atoms with Crippen LogP contribution in [0.1, 0.15) is 5.56 Å². The number of carbonyl (C=O) groups excluding carboxylic acids is 1. The number of halogens is 1. The van der Waals surface area contributed by atoms with E-state index in [-0.39, 0.29) is 24.6 Å². The Labute approximate surface area is 169 Å². The molecule has 0 atom stereocenters. The zero-order chi connectivity index (χ0) is 20.1. The predicted molar refractivity (Wildman–Crippen MR) is 108 cm³/mol. The van der Waals surface area contributed by atoms with Crippen LogP contribution in [-0.4, -0.2) is 38.4 Å². The van der Waals surface area contributed by atoms with Crippen LogP contribution in [0.3, 0.4) is 0 Å². The molecule has 0 saturated carbocycles. The smallest absolute Gasteiger partial charge is 0.266 e. The van der Waals surface area contributed by atoms with Gasteiger partial charge in [0.25, 0.3) is 5.56 Å². The number of hydrogen-bond acceptors (Lipinski definition) is 5. The first-order valence-electron chi connectivity index (χ1n) is 8.49. The van der Waals surface area contributed by atoms with Gasteiger partial charge in [0.2, 0.25) is 5.91 Å². The molecule has 3 rings (SSSR count). The maximum Gasteiger partial charge on any atom is 0.266 e. The van der Waals surface area contributed by atoms with Crippen LogP contribution in [0, 0.1) is 12.3 Å².